The molecule has 6 nitrogen and oxygen atoms in total. The van der Waals surface area contributed by atoms with E-state index in [4.69, 9.17) is 23.4 Å². The molecule has 1 spiro atoms. The Morgan fingerprint density at radius 1 is 1.00 bits per heavy atom. The molecular formula is C37H58O6Si. The largest absolute Gasteiger partial charge is 0.494 e. The quantitative estimate of drug-likeness (QED) is 0.212. The Bertz CT molecular complexity index is 1180. The maximum absolute atomic E-state index is 12.7. The van der Waals surface area contributed by atoms with Crippen molar-refractivity contribution < 1.29 is 28.2 Å². The molecule has 1 saturated heterocycles. The SMILES string of the molecule is CCOc1ccc(/C=C/[C@H]2C[C@@H](O[Si](C)(C)C(C)(C)C)CC[C@]2(C)C2CC[C@@]3(C)C(CCC34OCCO4)[C@@H]2OC(C)=O)cc1. The Kier molecular flexibility index (Phi) is 9.57. The molecule has 7 atom stereocenters. The smallest absolute Gasteiger partial charge is 0.302 e. The Morgan fingerprint density at radius 2 is 1.66 bits per heavy atom. The fraction of sp³-hybridized carbons (Fsp3) is 0.757. The Morgan fingerprint density at radius 3 is 2.27 bits per heavy atom. The van der Waals surface area contributed by atoms with Gasteiger partial charge in [-0.25, -0.2) is 0 Å². The van der Waals surface area contributed by atoms with Gasteiger partial charge in [0, 0.05) is 36.7 Å². The van der Waals surface area contributed by atoms with Crippen LogP contribution in [0.25, 0.3) is 6.08 Å². The second-order valence-electron chi connectivity index (χ2n) is 16.0. The molecule has 246 valence electrons. The Labute approximate surface area is 267 Å². The van der Waals surface area contributed by atoms with E-state index in [1.165, 1.54) is 5.56 Å². The average molecular weight is 627 g/mol. The number of benzene rings is 1. The zero-order valence-electron chi connectivity index (χ0n) is 28.9. The van der Waals surface area contributed by atoms with E-state index in [1.807, 2.05) is 6.92 Å². The number of ether oxygens (including phenoxy) is 4. The van der Waals surface area contributed by atoms with Gasteiger partial charge < -0.3 is 23.4 Å². The lowest BCUT2D eigenvalue weighted by Gasteiger charge is -2.57. The minimum atomic E-state index is -1.93. The molecule has 3 saturated carbocycles. The molecule has 0 aromatic heterocycles. The minimum Gasteiger partial charge on any atom is -0.494 e. The van der Waals surface area contributed by atoms with Crippen LogP contribution in [0, 0.1) is 28.6 Å². The number of hydrogen-bond acceptors (Lipinski definition) is 6. The number of allylic oxidation sites excluding steroid dienone is 1. The van der Waals surface area contributed by atoms with Crippen molar-refractivity contribution in [3.63, 3.8) is 0 Å². The molecule has 0 bridgehead atoms. The molecule has 7 heteroatoms. The van der Waals surface area contributed by atoms with Crippen LogP contribution in [0.15, 0.2) is 30.3 Å². The van der Waals surface area contributed by atoms with Crippen LogP contribution >= 0.6 is 0 Å². The molecule has 1 aromatic carbocycles. The first-order chi connectivity index (χ1) is 20.6. The Balaban J connectivity index is 1.46. The molecule has 1 heterocycles. The highest BCUT2D eigenvalue weighted by atomic mass is 28.4. The van der Waals surface area contributed by atoms with Crippen LogP contribution in [0.4, 0.5) is 0 Å². The van der Waals surface area contributed by atoms with Crippen LogP contribution in [0.2, 0.25) is 18.1 Å². The molecule has 0 amide bonds. The first kappa shape index (κ1) is 33.7. The first-order valence-corrected chi connectivity index (χ1v) is 20.1. The second kappa shape index (κ2) is 12.5. The van der Waals surface area contributed by atoms with E-state index in [-0.39, 0.29) is 45.9 Å². The highest BCUT2D eigenvalue weighted by Gasteiger charge is 2.67. The third-order valence-electron chi connectivity index (χ3n) is 12.5. The molecule has 44 heavy (non-hydrogen) atoms. The van der Waals surface area contributed by atoms with Crippen LogP contribution in [-0.2, 0) is 23.4 Å². The third kappa shape index (κ3) is 6.20. The molecule has 3 aliphatic carbocycles. The van der Waals surface area contributed by atoms with E-state index >= 15 is 0 Å². The number of hydrogen-bond donors (Lipinski definition) is 0. The van der Waals surface area contributed by atoms with Gasteiger partial charge in [-0.3, -0.25) is 4.79 Å². The molecule has 1 aromatic rings. The zero-order chi connectivity index (χ0) is 32.0. The molecule has 4 aliphatic rings. The topological polar surface area (TPSA) is 63.2 Å². The fourth-order valence-corrected chi connectivity index (χ4v) is 10.3. The van der Waals surface area contributed by atoms with E-state index in [2.05, 4.69) is 84.1 Å². The predicted molar refractivity (Wildman–Crippen MR) is 178 cm³/mol. The van der Waals surface area contributed by atoms with Gasteiger partial charge in [0.25, 0.3) is 0 Å². The standard InChI is InChI=1S/C37H58O6Si/c1-10-39-29-15-12-27(13-16-29)11-14-28-25-30(43-44(8,9)34(3,4)5)17-20-35(28,6)31-18-21-36(7)32(33(31)42-26(2)38)19-22-37(36)40-23-24-41-37/h11-16,28,30-33H,10,17-25H2,1-9H3/b14-11+/t28-,30-,31?,32?,33+,35-,36-/m0/s1. The molecule has 2 unspecified atom stereocenters. The number of esters is 1. The Hall–Kier alpha value is -1.67. The van der Waals surface area contributed by atoms with Gasteiger partial charge in [0.15, 0.2) is 14.1 Å². The summed E-state index contributed by atoms with van der Waals surface area (Å²) in [5.74, 6) is 0.942. The maximum atomic E-state index is 12.7. The summed E-state index contributed by atoms with van der Waals surface area (Å²) in [5, 5.41) is 0.165. The lowest BCUT2D eigenvalue weighted by molar-refractivity contribution is -0.252. The average Bonchev–Trinajstić information content (AvgIpc) is 3.54. The highest BCUT2D eigenvalue weighted by molar-refractivity contribution is 6.74. The van der Waals surface area contributed by atoms with Gasteiger partial charge in [-0.15, -0.1) is 0 Å². The van der Waals surface area contributed by atoms with Crippen molar-refractivity contribution in [2.24, 2.45) is 28.6 Å². The number of fused-ring (bicyclic) bond motifs is 2. The van der Waals surface area contributed by atoms with Gasteiger partial charge in [-0.05, 0) is 92.6 Å². The molecule has 4 fully saturated rings. The number of carbonyl (C=O) groups is 1. The predicted octanol–water partition coefficient (Wildman–Crippen LogP) is 8.80. The van der Waals surface area contributed by atoms with Crippen LogP contribution in [0.5, 0.6) is 5.75 Å². The minimum absolute atomic E-state index is 0.0381. The van der Waals surface area contributed by atoms with Gasteiger partial charge in [0.1, 0.15) is 11.9 Å². The van der Waals surface area contributed by atoms with Gasteiger partial charge in [-0.2, -0.15) is 0 Å². The van der Waals surface area contributed by atoms with Crippen molar-refractivity contribution in [3.8, 4) is 5.75 Å². The van der Waals surface area contributed by atoms with Crippen molar-refractivity contribution in [3.05, 3.63) is 35.9 Å². The van der Waals surface area contributed by atoms with E-state index < -0.39 is 14.1 Å². The van der Waals surface area contributed by atoms with E-state index in [9.17, 15) is 4.79 Å². The van der Waals surface area contributed by atoms with Gasteiger partial charge in [0.2, 0.25) is 0 Å². The summed E-state index contributed by atoms with van der Waals surface area (Å²) in [6, 6.07) is 8.37. The summed E-state index contributed by atoms with van der Waals surface area (Å²) >= 11 is 0. The van der Waals surface area contributed by atoms with Crippen molar-refractivity contribution in [1.82, 2.24) is 0 Å². The van der Waals surface area contributed by atoms with Crippen molar-refractivity contribution in [1.29, 1.82) is 0 Å². The molecule has 5 rings (SSSR count). The molecule has 0 radical (unpaired) electrons. The maximum Gasteiger partial charge on any atom is 0.302 e. The molecule has 1 aliphatic heterocycles. The van der Waals surface area contributed by atoms with Crippen LogP contribution in [-0.4, -0.2) is 52.1 Å². The lowest BCUT2D eigenvalue weighted by Crippen LogP contribution is -2.58. The van der Waals surface area contributed by atoms with Crippen molar-refractivity contribution in [2.45, 2.75) is 130 Å². The zero-order valence-corrected chi connectivity index (χ0v) is 29.9. The normalized spacial score (nSPS) is 35.6. The summed E-state index contributed by atoms with van der Waals surface area (Å²) in [4.78, 5) is 12.7. The fourth-order valence-electron chi connectivity index (χ4n) is 8.88. The van der Waals surface area contributed by atoms with Gasteiger partial charge in [-0.1, -0.05) is 58.9 Å². The summed E-state index contributed by atoms with van der Waals surface area (Å²) < 4.78 is 31.8. The van der Waals surface area contributed by atoms with Crippen molar-refractivity contribution >= 4 is 20.4 Å². The summed E-state index contributed by atoms with van der Waals surface area (Å²) in [6.45, 7) is 22.1. The van der Waals surface area contributed by atoms with E-state index in [1.54, 1.807) is 6.92 Å². The van der Waals surface area contributed by atoms with E-state index in [0.717, 1.165) is 50.7 Å². The first-order valence-electron chi connectivity index (χ1n) is 17.2. The highest BCUT2D eigenvalue weighted by Crippen LogP contribution is 2.65. The second-order valence-corrected chi connectivity index (χ2v) is 20.7. The van der Waals surface area contributed by atoms with Crippen LogP contribution < -0.4 is 4.74 Å². The monoisotopic (exact) mass is 626 g/mol. The number of rotatable bonds is 8. The summed E-state index contributed by atoms with van der Waals surface area (Å²) in [7, 11) is -1.93. The third-order valence-corrected chi connectivity index (χ3v) is 17.0. The summed E-state index contributed by atoms with van der Waals surface area (Å²) in [5.41, 5.74) is 0.973. The molecular weight excluding hydrogens is 568 g/mol. The van der Waals surface area contributed by atoms with Gasteiger partial charge in [0.05, 0.1) is 19.8 Å². The van der Waals surface area contributed by atoms with Crippen molar-refractivity contribution in [2.75, 3.05) is 19.8 Å². The van der Waals surface area contributed by atoms with Crippen LogP contribution in [0.1, 0.15) is 99.0 Å². The van der Waals surface area contributed by atoms with Gasteiger partial charge >= 0.3 is 5.97 Å². The van der Waals surface area contributed by atoms with E-state index in [0.29, 0.717) is 25.7 Å². The lowest BCUT2D eigenvalue weighted by atomic mass is 9.51. The molecule has 0 N–H and O–H groups in total. The summed E-state index contributed by atoms with van der Waals surface area (Å²) in [6.07, 6.45) is 11.7. The number of carbonyl (C=O) groups excluding carboxylic acids is 1. The van der Waals surface area contributed by atoms with Crippen LogP contribution in [0.3, 0.4) is 0 Å².